The van der Waals surface area contributed by atoms with Gasteiger partial charge >= 0.3 is 0 Å². The third-order valence-electron chi connectivity index (χ3n) is 7.61. The molecule has 1 unspecified atom stereocenters. The first-order valence-corrected chi connectivity index (χ1v) is 9.51. The Morgan fingerprint density at radius 3 is 2.87 bits per heavy atom. The van der Waals surface area contributed by atoms with Crippen molar-refractivity contribution in [3.8, 4) is 0 Å². The average molecular weight is 330 g/mol. The van der Waals surface area contributed by atoms with Gasteiger partial charge in [-0.3, -0.25) is 0 Å². The van der Waals surface area contributed by atoms with E-state index in [9.17, 15) is 9.90 Å². The average Bonchev–Trinajstić information content (AvgIpc) is 2.98. The van der Waals surface area contributed by atoms with E-state index in [0.717, 1.165) is 25.7 Å². The SMILES string of the molecule is C[C@]12C=CC(C(O)=S)C=C1CC[C@H]1[C@@H]3CCC[C@@]3(C=O)CC[C@@H]12. The lowest BCUT2D eigenvalue weighted by Gasteiger charge is -2.56. The molecule has 23 heavy (non-hydrogen) atoms. The van der Waals surface area contributed by atoms with Crippen molar-refractivity contribution in [2.24, 2.45) is 34.5 Å². The van der Waals surface area contributed by atoms with Gasteiger partial charge in [-0.2, -0.15) is 0 Å². The number of aliphatic hydroxyl groups excluding tert-OH is 1. The molecular formula is C20H26O2S. The highest BCUT2D eigenvalue weighted by Gasteiger charge is 2.57. The Morgan fingerprint density at radius 2 is 2.13 bits per heavy atom. The van der Waals surface area contributed by atoms with E-state index in [1.807, 2.05) is 0 Å². The van der Waals surface area contributed by atoms with Crippen LogP contribution in [-0.4, -0.2) is 16.4 Å². The van der Waals surface area contributed by atoms with Crippen molar-refractivity contribution >= 4 is 23.6 Å². The molecule has 0 heterocycles. The Morgan fingerprint density at radius 1 is 1.30 bits per heavy atom. The van der Waals surface area contributed by atoms with Crippen LogP contribution < -0.4 is 0 Å². The molecule has 1 N–H and O–H groups in total. The molecule has 2 nitrogen and oxygen atoms in total. The van der Waals surface area contributed by atoms with E-state index in [-0.39, 0.29) is 21.8 Å². The molecule has 3 heteroatoms. The van der Waals surface area contributed by atoms with E-state index in [0.29, 0.717) is 17.8 Å². The summed E-state index contributed by atoms with van der Waals surface area (Å²) in [5.74, 6) is 1.83. The van der Waals surface area contributed by atoms with E-state index >= 15 is 0 Å². The summed E-state index contributed by atoms with van der Waals surface area (Å²) in [6.07, 6.45) is 16.0. The molecule has 4 aliphatic carbocycles. The molecule has 0 aromatic carbocycles. The molecule has 0 amide bonds. The Bertz CT molecular complexity index is 607. The Balaban J connectivity index is 1.67. The molecule has 0 aromatic rings. The van der Waals surface area contributed by atoms with Gasteiger partial charge in [0.25, 0.3) is 0 Å². The van der Waals surface area contributed by atoms with Gasteiger partial charge in [0.15, 0.2) is 5.05 Å². The first kappa shape index (κ1) is 15.6. The molecule has 3 fully saturated rings. The number of rotatable bonds is 2. The van der Waals surface area contributed by atoms with Crippen molar-refractivity contribution in [1.29, 1.82) is 0 Å². The van der Waals surface area contributed by atoms with E-state index in [1.165, 1.54) is 31.1 Å². The van der Waals surface area contributed by atoms with Crippen LogP contribution in [-0.2, 0) is 4.79 Å². The van der Waals surface area contributed by atoms with Crippen LogP contribution in [0.25, 0.3) is 0 Å². The monoisotopic (exact) mass is 330 g/mol. The quantitative estimate of drug-likeness (QED) is 0.449. The molecule has 0 aromatic heterocycles. The zero-order chi connectivity index (χ0) is 16.2. The molecule has 0 bridgehead atoms. The van der Waals surface area contributed by atoms with Crippen LogP contribution in [0.1, 0.15) is 51.9 Å². The molecule has 4 aliphatic rings. The minimum absolute atomic E-state index is 0.00761. The van der Waals surface area contributed by atoms with E-state index in [2.05, 4.69) is 25.2 Å². The number of hydrogen-bond acceptors (Lipinski definition) is 2. The second-order valence-corrected chi connectivity index (χ2v) is 8.81. The van der Waals surface area contributed by atoms with Gasteiger partial charge in [-0.05, 0) is 68.5 Å². The minimum Gasteiger partial charge on any atom is -0.501 e. The second kappa shape index (κ2) is 5.27. The number of carbonyl (C=O) groups is 1. The van der Waals surface area contributed by atoms with Gasteiger partial charge in [-0.15, -0.1) is 0 Å². The van der Waals surface area contributed by atoms with Crippen LogP contribution in [0.4, 0.5) is 0 Å². The van der Waals surface area contributed by atoms with Crippen molar-refractivity contribution in [3.63, 3.8) is 0 Å². The maximum Gasteiger partial charge on any atom is 0.167 e. The van der Waals surface area contributed by atoms with Crippen molar-refractivity contribution in [3.05, 3.63) is 23.8 Å². The Kier molecular flexibility index (Phi) is 3.57. The van der Waals surface area contributed by atoms with Crippen LogP contribution in [0.3, 0.4) is 0 Å². The predicted octanol–water partition coefficient (Wildman–Crippen LogP) is 4.80. The normalized spacial score (nSPS) is 48.0. The number of carbonyl (C=O) groups excluding carboxylic acids is 1. The van der Waals surface area contributed by atoms with Gasteiger partial charge in [-0.25, -0.2) is 0 Å². The van der Waals surface area contributed by atoms with Crippen LogP contribution in [0.15, 0.2) is 23.8 Å². The number of allylic oxidation sites excluding steroid dienone is 2. The molecule has 4 rings (SSSR count). The molecular weight excluding hydrogens is 304 g/mol. The smallest absolute Gasteiger partial charge is 0.167 e. The third kappa shape index (κ3) is 2.12. The summed E-state index contributed by atoms with van der Waals surface area (Å²) in [5, 5.41) is 9.75. The minimum atomic E-state index is -0.0891. The predicted molar refractivity (Wildman–Crippen MR) is 95.3 cm³/mol. The van der Waals surface area contributed by atoms with E-state index in [1.54, 1.807) is 0 Å². The van der Waals surface area contributed by atoms with Crippen LogP contribution >= 0.6 is 12.2 Å². The summed E-state index contributed by atoms with van der Waals surface area (Å²) >= 11 is 4.97. The Labute approximate surface area is 144 Å². The summed E-state index contributed by atoms with van der Waals surface area (Å²) in [6, 6.07) is 0. The summed E-state index contributed by atoms with van der Waals surface area (Å²) in [5.41, 5.74) is 1.55. The molecule has 124 valence electrons. The fourth-order valence-electron chi connectivity index (χ4n) is 6.40. The number of hydrogen-bond donors (Lipinski definition) is 1. The largest absolute Gasteiger partial charge is 0.501 e. The van der Waals surface area contributed by atoms with Crippen molar-refractivity contribution in [1.82, 2.24) is 0 Å². The van der Waals surface area contributed by atoms with Gasteiger partial charge in [0.2, 0.25) is 0 Å². The van der Waals surface area contributed by atoms with E-state index < -0.39 is 0 Å². The van der Waals surface area contributed by atoms with Gasteiger partial charge in [-0.1, -0.05) is 37.1 Å². The summed E-state index contributed by atoms with van der Waals surface area (Å²) < 4.78 is 0. The topological polar surface area (TPSA) is 37.3 Å². The maximum absolute atomic E-state index is 11.9. The lowest BCUT2D eigenvalue weighted by molar-refractivity contribution is -0.125. The van der Waals surface area contributed by atoms with Crippen LogP contribution in [0.5, 0.6) is 0 Å². The van der Waals surface area contributed by atoms with Crippen molar-refractivity contribution in [2.75, 3.05) is 0 Å². The zero-order valence-electron chi connectivity index (χ0n) is 13.8. The van der Waals surface area contributed by atoms with Crippen molar-refractivity contribution in [2.45, 2.75) is 51.9 Å². The second-order valence-electron chi connectivity index (χ2n) is 8.40. The first-order valence-electron chi connectivity index (χ1n) is 9.10. The van der Waals surface area contributed by atoms with E-state index in [4.69, 9.17) is 12.2 Å². The summed E-state index contributed by atoms with van der Waals surface area (Å²) in [6.45, 7) is 2.37. The first-order chi connectivity index (χ1) is 11.0. The number of fused-ring (bicyclic) bond motifs is 5. The lowest BCUT2D eigenvalue weighted by atomic mass is 9.48. The maximum atomic E-state index is 11.9. The lowest BCUT2D eigenvalue weighted by Crippen LogP contribution is -2.49. The van der Waals surface area contributed by atoms with Gasteiger partial charge in [0, 0.05) is 10.8 Å². The van der Waals surface area contributed by atoms with Crippen LogP contribution in [0.2, 0.25) is 0 Å². The standard InChI is InChI=1S/C20H26O2S/c1-19-9-6-13(18(22)23)11-14(19)4-5-15-16(19)7-10-20(12-21)8-2-3-17(15)20/h6,9,11-13,15-17H,2-5,7-8,10H2,1H3,(H,22,23)/t13?,15-,16+,17+,19+,20+/m1/s1. The number of thiocarbonyl (C=S) groups is 1. The highest BCUT2D eigenvalue weighted by atomic mass is 32.1. The fourth-order valence-corrected chi connectivity index (χ4v) is 6.54. The summed E-state index contributed by atoms with van der Waals surface area (Å²) in [7, 11) is 0. The Hall–Kier alpha value is -0.960. The zero-order valence-corrected chi connectivity index (χ0v) is 14.6. The highest BCUT2D eigenvalue weighted by molar-refractivity contribution is 7.80. The molecule has 6 atom stereocenters. The fraction of sp³-hybridized carbons (Fsp3) is 0.700. The molecule has 3 saturated carbocycles. The van der Waals surface area contributed by atoms with Gasteiger partial charge in [0.05, 0.1) is 5.92 Å². The summed E-state index contributed by atoms with van der Waals surface area (Å²) in [4.78, 5) is 11.9. The third-order valence-corrected chi connectivity index (χ3v) is 7.88. The number of aliphatic hydroxyl groups is 1. The van der Waals surface area contributed by atoms with Gasteiger partial charge in [0.1, 0.15) is 6.29 Å². The highest BCUT2D eigenvalue weighted by Crippen LogP contribution is 2.64. The molecule has 0 radical (unpaired) electrons. The number of aldehydes is 1. The molecule has 0 spiro atoms. The van der Waals surface area contributed by atoms with Crippen LogP contribution in [0, 0.1) is 34.5 Å². The molecule has 0 aliphatic heterocycles. The van der Waals surface area contributed by atoms with Crippen molar-refractivity contribution < 1.29 is 9.90 Å². The van der Waals surface area contributed by atoms with Gasteiger partial charge < -0.3 is 9.90 Å². The molecule has 0 saturated heterocycles.